The molecule has 2 aliphatic carbocycles. The number of cyclic esters (lactones) is 1. The molecule has 4 bridgehead atoms. The molecule has 4 aliphatic rings. The van der Waals surface area contributed by atoms with Crippen LogP contribution in [0.15, 0.2) is 22.8 Å². The van der Waals surface area contributed by atoms with E-state index in [2.05, 4.69) is 0 Å². The van der Waals surface area contributed by atoms with Gasteiger partial charge in [-0.2, -0.15) is 0 Å². The van der Waals surface area contributed by atoms with Gasteiger partial charge in [0.1, 0.15) is 11.5 Å². The molecule has 0 radical (unpaired) electrons. The summed E-state index contributed by atoms with van der Waals surface area (Å²) in [7, 11) is 0. The Hall–Kier alpha value is -2.15. The van der Waals surface area contributed by atoms with E-state index in [0.717, 1.165) is 0 Å². The number of ether oxygens (including phenoxy) is 2. The van der Waals surface area contributed by atoms with E-state index < -0.39 is 42.1 Å². The fourth-order valence-electron chi connectivity index (χ4n) is 4.22. The number of aliphatic carboxylic acids is 1. The monoisotopic (exact) mass is 306 g/mol. The second-order valence-corrected chi connectivity index (χ2v) is 6.20. The normalized spacial score (nSPS) is 39.0. The van der Waals surface area contributed by atoms with E-state index in [0.29, 0.717) is 29.6 Å². The van der Waals surface area contributed by atoms with Gasteiger partial charge in [0.25, 0.3) is 0 Å². The predicted octanol–water partition coefficient (Wildman–Crippen LogP) is 0.285. The van der Waals surface area contributed by atoms with E-state index in [-0.39, 0.29) is 12.3 Å². The minimum absolute atomic E-state index is 0.0425. The molecule has 0 amide bonds. The number of hydrogen-bond donors (Lipinski definition) is 2. The Morgan fingerprint density at radius 1 is 1.36 bits per heavy atom. The van der Waals surface area contributed by atoms with Crippen LogP contribution in [0.1, 0.15) is 25.7 Å². The van der Waals surface area contributed by atoms with Crippen LogP contribution in [0.5, 0.6) is 0 Å². The zero-order chi connectivity index (χ0) is 15.6. The third-order valence-electron chi connectivity index (χ3n) is 5.09. The third kappa shape index (κ3) is 1.51. The average molecular weight is 306 g/mol. The van der Waals surface area contributed by atoms with Crippen LogP contribution in [0.4, 0.5) is 0 Å². The summed E-state index contributed by atoms with van der Waals surface area (Å²) in [6, 6.07) is 0. The number of carbonyl (C=O) groups excluding carboxylic acids is 2. The molecule has 0 aromatic heterocycles. The lowest BCUT2D eigenvalue weighted by Gasteiger charge is -2.28. The van der Waals surface area contributed by atoms with E-state index >= 15 is 0 Å². The SMILES string of the molecule is O=C(O)C[C@@]12CC3=C(C(=O)OC3O)[C@H]3CCC=C1[C@@H]3OC2=O. The smallest absolute Gasteiger partial charge is 0.337 e. The first-order chi connectivity index (χ1) is 10.4. The van der Waals surface area contributed by atoms with Gasteiger partial charge in [0.15, 0.2) is 0 Å². The molecule has 4 atom stereocenters. The number of carbonyl (C=O) groups is 3. The zero-order valence-electron chi connectivity index (χ0n) is 11.6. The fraction of sp³-hybridized carbons (Fsp3) is 0.533. The van der Waals surface area contributed by atoms with Crippen molar-refractivity contribution in [2.75, 3.05) is 0 Å². The van der Waals surface area contributed by atoms with Crippen molar-refractivity contribution in [3.63, 3.8) is 0 Å². The first-order valence-corrected chi connectivity index (χ1v) is 7.19. The largest absolute Gasteiger partial charge is 0.481 e. The highest BCUT2D eigenvalue weighted by atomic mass is 16.6. The molecule has 1 saturated heterocycles. The summed E-state index contributed by atoms with van der Waals surface area (Å²) in [4.78, 5) is 35.8. The van der Waals surface area contributed by atoms with Gasteiger partial charge in [-0.1, -0.05) is 6.08 Å². The average Bonchev–Trinajstić information content (AvgIpc) is 2.83. The highest BCUT2D eigenvalue weighted by molar-refractivity contribution is 5.96. The van der Waals surface area contributed by atoms with E-state index in [1.807, 2.05) is 6.08 Å². The van der Waals surface area contributed by atoms with E-state index in [9.17, 15) is 24.6 Å². The third-order valence-corrected chi connectivity index (χ3v) is 5.09. The van der Waals surface area contributed by atoms with E-state index in [1.54, 1.807) is 0 Å². The molecule has 1 unspecified atom stereocenters. The molecule has 2 heterocycles. The lowest BCUT2D eigenvalue weighted by molar-refractivity contribution is -0.154. The Balaban J connectivity index is 1.93. The van der Waals surface area contributed by atoms with Crippen LogP contribution < -0.4 is 0 Å². The minimum Gasteiger partial charge on any atom is -0.481 e. The van der Waals surface area contributed by atoms with Gasteiger partial charge in [-0.3, -0.25) is 9.59 Å². The van der Waals surface area contributed by atoms with Crippen molar-refractivity contribution in [2.24, 2.45) is 11.3 Å². The molecule has 7 heteroatoms. The number of esters is 2. The molecule has 0 saturated carbocycles. The highest BCUT2D eigenvalue weighted by Crippen LogP contribution is 2.57. The summed E-state index contributed by atoms with van der Waals surface area (Å²) in [5.41, 5.74) is 0.0120. The number of fused-ring (bicyclic) bond motifs is 1. The Labute approximate surface area is 125 Å². The Bertz CT molecular complexity index is 673. The molecule has 116 valence electrons. The van der Waals surface area contributed by atoms with Gasteiger partial charge in [-0.15, -0.1) is 0 Å². The molecule has 2 N–H and O–H groups in total. The van der Waals surface area contributed by atoms with Crippen molar-refractivity contribution in [3.05, 3.63) is 22.8 Å². The van der Waals surface area contributed by atoms with Gasteiger partial charge >= 0.3 is 17.9 Å². The summed E-state index contributed by atoms with van der Waals surface area (Å²) in [6.07, 6.45) is 0.611. The lowest BCUT2D eigenvalue weighted by atomic mass is 9.71. The van der Waals surface area contributed by atoms with E-state index in [4.69, 9.17) is 9.47 Å². The van der Waals surface area contributed by atoms with Gasteiger partial charge in [-0.05, 0) is 24.8 Å². The second-order valence-electron chi connectivity index (χ2n) is 6.20. The minimum atomic E-state index is -1.40. The van der Waals surface area contributed by atoms with E-state index in [1.165, 1.54) is 0 Å². The number of allylic oxidation sites excluding steroid dienone is 1. The van der Waals surface area contributed by atoms with Crippen LogP contribution in [0.25, 0.3) is 0 Å². The summed E-state index contributed by atoms with van der Waals surface area (Å²) >= 11 is 0. The molecule has 0 spiro atoms. The first-order valence-electron chi connectivity index (χ1n) is 7.19. The molecule has 2 aliphatic heterocycles. The standard InChI is InChI=1S/C15H14O7/c16-9(17)5-15-4-7-10(13(19)22-12(7)18)6-2-1-3-8(15)11(6)21-14(15)20/h3,6,11-12,18H,1-2,4-5H2,(H,16,17)/t6-,11-,12?,15+/m1/s1. The molecular formula is C15H14O7. The molecule has 4 rings (SSSR count). The van der Waals surface area contributed by atoms with Gasteiger partial charge < -0.3 is 19.7 Å². The topological polar surface area (TPSA) is 110 Å². The number of rotatable bonds is 2. The predicted molar refractivity (Wildman–Crippen MR) is 69.1 cm³/mol. The lowest BCUT2D eigenvalue weighted by Crippen LogP contribution is -2.33. The van der Waals surface area contributed by atoms with Crippen molar-refractivity contribution in [3.8, 4) is 0 Å². The second kappa shape index (κ2) is 4.19. The number of carboxylic acids is 1. The Morgan fingerprint density at radius 2 is 2.14 bits per heavy atom. The van der Waals surface area contributed by atoms with Gasteiger partial charge in [-0.25, -0.2) is 4.79 Å². The van der Waals surface area contributed by atoms with Crippen molar-refractivity contribution >= 4 is 17.9 Å². The first kappa shape index (κ1) is 13.5. The van der Waals surface area contributed by atoms with Gasteiger partial charge in [0.2, 0.25) is 6.29 Å². The molecule has 0 aromatic rings. The van der Waals surface area contributed by atoms with Crippen LogP contribution in [0.3, 0.4) is 0 Å². The summed E-state index contributed by atoms with van der Waals surface area (Å²) in [5, 5.41) is 19.2. The van der Waals surface area contributed by atoms with Crippen LogP contribution >= 0.6 is 0 Å². The van der Waals surface area contributed by atoms with Crippen LogP contribution in [0.2, 0.25) is 0 Å². The van der Waals surface area contributed by atoms with Gasteiger partial charge in [0, 0.05) is 17.1 Å². The Morgan fingerprint density at radius 3 is 2.86 bits per heavy atom. The van der Waals surface area contributed by atoms with Gasteiger partial charge in [0.05, 0.1) is 6.42 Å². The summed E-state index contributed by atoms with van der Waals surface area (Å²) in [5.74, 6) is -2.66. The van der Waals surface area contributed by atoms with Crippen molar-refractivity contribution in [2.45, 2.75) is 38.1 Å². The quantitative estimate of drug-likeness (QED) is 0.557. The molecule has 22 heavy (non-hydrogen) atoms. The molecule has 7 nitrogen and oxygen atoms in total. The number of carboxylic acid groups (broad SMARTS) is 1. The molecule has 0 aromatic carbocycles. The zero-order valence-corrected chi connectivity index (χ0v) is 11.6. The van der Waals surface area contributed by atoms with Crippen molar-refractivity contribution in [1.82, 2.24) is 0 Å². The number of aliphatic hydroxyl groups is 1. The molecule has 1 fully saturated rings. The van der Waals surface area contributed by atoms with Crippen LogP contribution in [-0.2, 0) is 23.9 Å². The maximum Gasteiger partial charge on any atom is 0.337 e. The molecular weight excluding hydrogens is 292 g/mol. The highest BCUT2D eigenvalue weighted by Gasteiger charge is 2.62. The number of aliphatic hydroxyl groups excluding tert-OH is 1. The maximum atomic E-state index is 12.4. The Kier molecular flexibility index (Phi) is 2.57. The fourth-order valence-corrected chi connectivity index (χ4v) is 4.22. The van der Waals surface area contributed by atoms with Crippen molar-refractivity contribution in [1.29, 1.82) is 0 Å². The van der Waals surface area contributed by atoms with Crippen LogP contribution in [0, 0.1) is 11.3 Å². The summed E-state index contributed by atoms with van der Waals surface area (Å²) in [6.45, 7) is 0. The maximum absolute atomic E-state index is 12.4. The summed E-state index contributed by atoms with van der Waals surface area (Å²) < 4.78 is 10.3. The van der Waals surface area contributed by atoms with Crippen molar-refractivity contribution < 1.29 is 34.1 Å². The number of hydrogen-bond acceptors (Lipinski definition) is 6. The van der Waals surface area contributed by atoms with Crippen LogP contribution in [-0.4, -0.2) is 40.5 Å².